The van der Waals surface area contributed by atoms with Crippen molar-refractivity contribution in [3.8, 4) is 0 Å². The highest BCUT2D eigenvalue weighted by Gasteiger charge is 2.51. The van der Waals surface area contributed by atoms with E-state index in [1.807, 2.05) is 26.8 Å². The van der Waals surface area contributed by atoms with Crippen LogP contribution in [0.4, 0.5) is 10.5 Å². The van der Waals surface area contributed by atoms with Gasteiger partial charge in [0.2, 0.25) is 0 Å². The predicted octanol–water partition coefficient (Wildman–Crippen LogP) is 2.33. The number of ether oxygens (including phenoxy) is 1. The van der Waals surface area contributed by atoms with Crippen molar-refractivity contribution >= 4 is 11.8 Å². The maximum atomic E-state index is 12.2. The van der Waals surface area contributed by atoms with Gasteiger partial charge in [-0.25, -0.2) is 4.79 Å². The topological polar surface area (TPSA) is 65.0 Å². The molecular weight excluding hydrogens is 318 g/mol. The Morgan fingerprint density at radius 3 is 2.52 bits per heavy atom. The molecule has 6 nitrogen and oxygen atoms in total. The summed E-state index contributed by atoms with van der Waals surface area (Å²) < 4.78 is 5.46. The van der Waals surface area contributed by atoms with Gasteiger partial charge in [-0.15, -0.1) is 0 Å². The van der Waals surface area contributed by atoms with E-state index in [0.717, 1.165) is 31.5 Å². The first kappa shape index (κ1) is 16.7. The maximum absolute atomic E-state index is 12.2. The van der Waals surface area contributed by atoms with Crippen molar-refractivity contribution in [1.82, 2.24) is 10.2 Å². The second kappa shape index (κ2) is 5.61. The summed E-state index contributed by atoms with van der Waals surface area (Å²) in [6, 6.07) is 6.33. The number of hydrogen-bond acceptors (Lipinski definition) is 5. The summed E-state index contributed by atoms with van der Waals surface area (Å²) in [4.78, 5) is 16.3. The van der Waals surface area contributed by atoms with Crippen molar-refractivity contribution in [3.63, 3.8) is 0 Å². The van der Waals surface area contributed by atoms with Crippen LogP contribution in [0.2, 0.25) is 0 Å². The first-order valence-corrected chi connectivity index (χ1v) is 9.11. The van der Waals surface area contributed by atoms with Gasteiger partial charge >= 0.3 is 6.09 Å². The molecule has 1 aromatic rings. The third-order valence-electron chi connectivity index (χ3n) is 5.31. The molecule has 1 atom stereocenters. The lowest BCUT2D eigenvalue weighted by atomic mass is 10.0. The van der Waals surface area contributed by atoms with Crippen molar-refractivity contribution in [2.75, 3.05) is 31.1 Å². The summed E-state index contributed by atoms with van der Waals surface area (Å²) >= 11 is 0. The Bertz CT molecular complexity index is 686. The first-order valence-electron chi connectivity index (χ1n) is 9.11. The van der Waals surface area contributed by atoms with E-state index < -0.39 is 11.8 Å². The Hall–Kier alpha value is -1.79. The number of nitrogens with one attached hydrogen (secondary N) is 1. The lowest BCUT2D eigenvalue weighted by Gasteiger charge is -2.37. The summed E-state index contributed by atoms with van der Waals surface area (Å²) in [6.07, 6.45) is 1.40. The van der Waals surface area contributed by atoms with E-state index in [1.165, 1.54) is 11.3 Å². The van der Waals surface area contributed by atoms with Crippen molar-refractivity contribution < 1.29 is 14.6 Å². The number of carbonyl (C=O) groups excluding carboxylic acids is 1. The van der Waals surface area contributed by atoms with Gasteiger partial charge < -0.3 is 19.6 Å². The molecule has 1 amide bonds. The lowest BCUT2D eigenvalue weighted by molar-refractivity contribution is 0.0240. The van der Waals surface area contributed by atoms with Crippen LogP contribution >= 0.6 is 0 Å². The standard InChI is InChI=1S/C19H27N3O3/c1-18(2,3)25-17(24)22-10-8-21(9-11-22)13-4-5-14-15(12-13)19(6-7-19)20-16(14)23/h4-5,12,16,20,23H,6-11H2,1-3H3. The third kappa shape index (κ3) is 3.09. The summed E-state index contributed by atoms with van der Waals surface area (Å²) in [5, 5.41) is 13.5. The van der Waals surface area contributed by atoms with Gasteiger partial charge in [0.1, 0.15) is 11.8 Å². The number of carbonyl (C=O) groups is 1. The Morgan fingerprint density at radius 1 is 1.24 bits per heavy atom. The second-order valence-corrected chi connectivity index (χ2v) is 8.35. The van der Waals surface area contributed by atoms with Crippen LogP contribution in [0.5, 0.6) is 0 Å². The number of rotatable bonds is 1. The molecule has 2 aliphatic heterocycles. The van der Waals surface area contributed by atoms with Crippen molar-refractivity contribution in [1.29, 1.82) is 0 Å². The Kier molecular flexibility index (Phi) is 3.74. The lowest BCUT2D eigenvalue weighted by Crippen LogP contribution is -2.50. The number of aliphatic hydroxyl groups is 1. The van der Waals surface area contributed by atoms with Crippen LogP contribution in [-0.4, -0.2) is 47.9 Å². The number of nitrogens with zero attached hydrogens (tertiary/aromatic N) is 2. The van der Waals surface area contributed by atoms with Crippen LogP contribution in [0.15, 0.2) is 18.2 Å². The van der Waals surface area contributed by atoms with Crippen LogP contribution in [0.1, 0.15) is 51.0 Å². The van der Waals surface area contributed by atoms with Gasteiger partial charge in [0, 0.05) is 43.0 Å². The monoisotopic (exact) mass is 345 g/mol. The molecule has 0 radical (unpaired) electrons. The van der Waals surface area contributed by atoms with E-state index in [2.05, 4.69) is 22.3 Å². The average Bonchev–Trinajstić information content (AvgIpc) is 3.27. The predicted molar refractivity (Wildman–Crippen MR) is 95.5 cm³/mol. The molecule has 2 heterocycles. The fourth-order valence-electron chi connectivity index (χ4n) is 3.82. The van der Waals surface area contributed by atoms with Crippen LogP contribution in [0, 0.1) is 0 Å². The quantitative estimate of drug-likeness (QED) is 0.818. The molecule has 136 valence electrons. The number of hydrogen-bond donors (Lipinski definition) is 2. The highest BCUT2D eigenvalue weighted by molar-refractivity contribution is 5.68. The minimum atomic E-state index is -0.546. The van der Waals surface area contributed by atoms with Crippen LogP contribution < -0.4 is 10.2 Å². The van der Waals surface area contributed by atoms with E-state index >= 15 is 0 Å². The molecule has 1 aliphatic carbocycles. The fraction of sp³-hybridized carbons (Fsp3) is 0.632. The molecular formula is C19H27N3O3. The van der Waals surface area contributed by atoms with E-state index in [-0.39, 0.29) is 11.6 Å². The molecule has 25 heavy (non-hydrogen) atoms. The van der Waals surface area contributed by atoms with Crippen LogP contribution in [-0.2, 0) is 10.3 Å². The molecule has 2 fully saturated rings. The van der Waals surface area contributed by atoms with E-state index in [4.69, 9.17) is 4.74 Å². The molecule has 4 rings (SSSR count). The van der Waals surface area contributed by atoms with Crippen molar-refractivity contribution in [2.24, 2.45) is 0 Å². The van der Waals surface area contributed by atoms with E-state index in [0.29, 0.717) is 13.1 Å². The molecule has 1 spiro atoms. The van der Waals surface area contributed by atoms with Crippen molar-refractivity contribution in [2.45, 2.75) is 51.0 Å². The van der Waals surface area contributed by atoms with Crippen LogP contribution in [0.3, 0.4) is 0 Å². The number of anilines is 1. The van der Waals surface area contributed by atoms with Gasteiger partial charge in [-0.2, -0.15) is 0 Å². The van der Waals surface area contributed by atoms with Crippen molar-refractivity contribution in [3.05, 3.63) is 29.3 Å². The third-order valence-corrected chi connectivity index (χ3v) is 5.31. The van der Waals surface area contributed by atoms with Crippen LogP contribution in [0.25, 0.3) is 0 Å². The fourth-order valence-corrected chi connectivity index (χ4v) is 3.82. The molecule has 1 saturated carbocycles. The number of amides is 1. The van der Waals surface area contributed by atoms with Gasteiger partial charge in [0.25, 0.3) is 0 Å². The molecule has 0 bridgehead atoms. The summed E-state index contributed by atoms with van der Waals surface area (Å²) in [6.45, 7) is 8.59. The second-order valence-electron chi connectivity index (χ2n) is 8.35. The maximum Gasteiger partial charge on any atom is 0.410 e. The number of fused-ring (bicyclic) bond motifs is 2. The zero-order chi connectivity index (χ0) is 17.8. The Balaban J connectivity index is 1.43. The van der Waals surface area contributed by atoms with Gasteiger partial charge in [-0.05, 0) is 51.3 Å². The average molecular weight is 345 g/mol. The molecule has 6 heteroatoms. The number of piperazine rings is 1. The molecule has 1 aromatic carbocycles. The molecule has 1 unspecified atom stereocenters. The number of benzene rings is 1. The highest BCUT2D eigenvalue weighted by Crippen LogP contribution is 2.53. The largest absolute Gasteiger partial charge is 0.444 e. The van der Waals surface area contributed by atoms with Gasteiger partial charge in [-0.3, -0.25) is 5.32 Å². The van der Waals surface area contributed by atoms with E-state index in [9.17, 15) is 9.90 Å². The minimum absolute atomic E-state index is 0.00307. The molecule has 2 N–H and O–H groups in total. The Morgan fingerprint density at radius 2 is 1.92 bits per heavy atom. The number of aliphatic hydroxyl groups excluding tert-OH is 1. The SMILES string of the molecule is CC(C)(C)OC(=O)N1CCN(c2ccc3c(c2)C2(CC2)NC3O)CC1. The molecule has 0 aromatic heterocycles. The zero-order valence-corrected chi connectivity index (χ0v) is 15.2. The smallest absolute Gasteiger partial charge is 0.410 e. The Labute approximate surface area is 148 Å². The summed E-state index contributed by atoms with van der Waals surface area (Å²) in [5.74, 6) is 0. The van der Waals surface area contributed by atoms with E-state index in [1.54, 1.807) is 4.90 Å². The van der Waals surface area contributed by atoms with Gasteiger partial charge in [0.15, 0.2) is 0 Å². The van der Waals surface area contributed by atoms with Gasteiger partial charge in [0.05, 0.1) is 0 Å². The molecule has 1 saturated heterocycles. The minimum Gasteiger partial charge on any atom is -0.444 e. The normalized spacial score (nSPS) is 24.4. The summed E-state index contributed by atoms with van der Waals surface area (Å²) in [7, 11) is 0. The highest BCUT2D eigenvalue weighted by atomic mass is 16.6. The van der Waals surface area contributed by atoms with Gasteiger partial charge in [-0.1, -0.05) is 6.07 Å². The first-order chi connectivity index (χ1) is 11.8. The zero-order valence-electron chi connectivity index (χ0n) is 15.2. The summed E-state index contributed by atoms with van der Waals surface area (Å²) in [5.41, 5.74) is 2.97. The molecule has 3 aliphatic rings.